The van der Waals surface area contributed by atoms with E-state index >= 15 is 0 Å². The maximum Gasteiger partial charge on any atom is 0.0696 e. The number of halogens is 1. The summed E-state index contributed by atoms with van der Waals surface area (Å²) in [5.74, 6) is 0. The van der Waals surface area contributed by atoms with Gasteiger partial charge in [-0.2, -0.15) is 5.10 Å². The minimum absolute atomic E-state index is 0.324. The van der Waals surface area contributed by atoms with Crippen LogP contribution in [0.4, 0.5) is 0 Å². The zero-order chi connectivity index (χ0) is 15.8. The monoisotopic (exact) mass is 359 g/mol. The molecule has 0 spiro atoms. The predicted octanol–water partition coefficient (Wildman–Crippen LogP) is 2.20. The first-order valence-corrected chi connectivity index (χ1v) is 8.58. The van der Waals surface area contributed by atoms with E-state index in [0.717, 1.165) is 43.6 Å². The average Bonchev–Trinajstić information content (AvgIpc) is 2.83. The fourth-order valence-electron chi connectivity index (χ4n) is 2.46. The lowest BCUT2D eigenvalue weighted by molar-refractivity contribution is 0.280. The van der Waals surface area contributed by atoms with Gasteiger partial charge in [-0.05, 0) is 63.1 Å². The van der Waals surface area contributed by atoms with E-state index in [2.05, 4.69) is 68.8 Å². The van der Waals surface area contributed by atoms with Gasteiger partial charge in [0.25, 0.3) is 0 Å². The summed E-state index contributed by atoms with van der Waals surface area (Å²) in [4.78, 5) is 4.64. The first kappa shape index (κ1) is 18.6. The van der Waals surface area contributed by atoms with Gasteiger partial charge in [0, 0.05) is 6.54 Å². The highest BCUT2D eigenvalue weighted by Crippen LogP contribution is 2.25. The Bertz CT molecular complexity index is 401. The van der Waals surface area contributed by atoms with E-state index in [0.29, 0.717) is 6.04 Å². The summed E-state index contributed by atoms with van der Waals surface area (Å²) in [5.41, 5.74) is 1.26. The summed E-state index contributed by atoms with van der Waals surface area (Å²) in [6.45, 7) is 9.65. The highest BCUT2D eigenvalue weighted by atomic mass is 79.9. The van der Waals surface area contributed by atoms with Crippen LogP contribution in [0.5, 0.6) is 0 Å². The van der Waals surface area contributed by atoms with Crippen LogP contribution in [0.3, 0.4) is 0 Å². The van der Waals surface area contributed by atoms with Crippen LogP contribution in [0.1, 0.15) is 32.0 Å². The Labute approximate surface area is 137 Å². The fourth-order valence-corrected chi connectivity index (χ4v) is 3.03. The van der Waals surface area contributed by atoms with Gasteiger partial charge < -0.3 is 15.1 Å². The van der Waals surface area contributed by atoms with Crippen LogP contribution in [-0.2, 0) is 6.54 Å². The second-order valence-corrected chi connectivity index (χ2v) is 6.42. The summed E-state index contributed by atoms with van der Waals surface area (Å²) >= 11 is 3.66. The number of hydrogen-bond donors (Lipinski definition) is 1. The van der Waals surface area contributed by atoms with Gasteiger partial charge in [0.1, 0.15) is 0 Å². The molecule has 1 N–H and O–H groups in total. The second-order valence-electron chi connectivity index (χ2n) is 5.56. The number of hydrogen-bond acceptors (Lipinski definition) is 4. The van der Waals surface area contributed by atoms with Crippen molar-refractivity contribution in [2.45, 2.75) is 32.9 Å². The van der Waals surface area contributed by atoms with E-state index < -0.39 is 0 Å². The van der Waals surface area contributed by atoms with Crippen LogP contribution in [0, 0.1) is 0 Å². The van der Waals surface area contributed by atoms with Gasteiger partial charge >= 0.3 is 0 Å². The van der Waals surface area contributed by atoms with Gasteiger partial charge in [-0.3, -0.25) is 4.68 Å². The maximum atomic E-state index is 4.51. The molecule has 0 aliphatic carbocycles. The normalized spacial score (nSPS) is 13.3. The number of likely N-dealkylation sites (N-methyl/N-ethyl adjacent to an activating group) is 1. The molecule has 0 fully saturated rings. The molecule has 0 aromatic carbocycles. The minimum Gasteiger partial charge on any atom is -0.312 e. The van der Waals surface area contributed by atoms with Crippen molar-refractivity contribution in [3.05, 3.63) is 16.4 Å². The van der Waals surface area contributed by atoms with Crippen LogP contribution < -0.4 is 5.32 Å². The molecule has 21 heavy (non-hydrogen) atoms. The Hall–Kier alpha value is -0.430. The van der Waals surface area contributed by atoms with Crippen molar-refractivity contribution >= 4 is 15.9 Å². The molecular weight excluding hydrogens is 330 g/mol. The molecule has 1 rings (SSSR count). The number of nitrogens with one attached hydrogen (secondary N) is 1. The van der Waals surface area contributed by atoms with E-state index in [4.69, 9.17) is 0 Å². The molecule has 122 valence electrons. The Kier molecular flexibility index (Phi) is 8.48. The molecule has 0 saturated carbocycles. The van der Waals surface area contributed by atoms with Crippen molar-refractivity contribution in [1.29, 1.82) is 0 Å². The van der Waals surface area contributed by atoms with Crippen LogP contribution in [-0.4, -0.2) is 66.9 Å². The minimum atomic E-state index is 0.324. The van der Waals surface area contributed by atoms with Crippen LogP contribution >= 0.6 is 15.9 Å². The third-order valence-electron chi connectivity index (χ3n) is 3.90. The van der Waals surface area contributed by atoms with Gasteiger partial charge in [-0.25, -0.2) is 0 Å². The summed E-state index contributed by atoms with van der Waals surface area (Å²) in [7, 11) is 6.21. The molecule has 0 aliphatic heterocycles. The molecule has 1 heterocycles. The van der Waals surface area contributed by atoms with Crippen LogP contribution in [0.25, 0.3) is 0 Å². The lowest BCUT2D eigenvalue weighted by atomic mass is 10.1. The van der Waals surface area contributed by atoms with Crippen molar-refractivity contribution in [2.75, 3.05) is 47.3 Å². The molecule has 6 heteroatoms. The van der Waals surface area contributed by atoms with E-state index in [1.165, 1.54) is 5.69 Å². The third kappa shape index (κ3) is 5.70. The van der Waals surface area contributed by atoms with Crippen molar-refractivity contribution in [2.24, 2.45) is 0 Å². The Balaban J connectivity index is 2.77. The topological polar surface area (TPSA) is 36.3 Å². The van der Waals surface area contributed by atoms with Crippen LogP contribution in [0.2, 0.25) is 0 Å². The SMILES string of the molecule is CCN(CC)CCC(NC)c1c(Br)cnn1CCN(C)C. The van der Waals surface area contributed by atoms with E-state index in [-0.39, 0.29) is 0 Å². The maximum absolute atomic E-state index is 4.51. The van der Waals surface area contributed by atoms with E-state index in [9.17, 15) is 0 Å². The molecule has 1 aromatic heterocycles. The van der Waals surface area contributed by atoms with Gasteiger partial charge in [0.2, 0.25) is 0 Å². The number of nitrogens with zero attached hydrogens (tertiary/aromatic N) is 4. The Morgan fingerprint density at radius 1 is 1.29 bits per heavy atom. The number of rotatable bonds is 10. The van der Waals surface area contributed by atoms with Gasteiger partial charge in [0.05, 0.1) is 29.0 Å². The van der Waals surface area contributed by atoms with Crippen LogP contribution in [0.15, 0.2) is 10.7 Å². The molecule has 1 atom stereocenters. The van der Waals surface area contributed by atoms with Crippen molar-refractivity contribution in [3.63, 3.8) is 0 Å². The van der Waals surface area contributed by atoms with Crippen molar-refractivity contribution < 1.29 is 0 Å². The van der Waals surface area contributed by atoms with Gasteiger partial charge in [-0.15, -0.1) is 0 Å². The highest BCUT2D eigenvalue weighted by molar-refractivity contribution is 9.10. The quantitative estimate of drug-likeness (QED) is 0.694. The smallest absolute Gasteiger partial charge is 0.0696 e. The molecular formula is C15H30BrN5. The van der Waals surface area contributed by atoms with Gasteiger partial charge in [-0.1, -0.05) is 13.8 Å². The predicted molar refractivity (Wildman–Crippen MR) is 92.7 cm³/mol. The molecule has 0 aliphatic rings. The lowest BCUT2D eigenvalue weighted by Crippen LogP contribution is -2.30. The van der Waals surface area contributed by atoms with E-state index in [1.54, 1.807) is 0 Å². The molecule has 0 bridgehead atoms. The Morgan fingerprint density at radius 2 is 1.95 bits per heavy atom. The average molecular weight is 360 g/mol. The van der Waals surface area contributed by atoms with Crippen molar-refractivity contribution in [3.8, 4) is 0 Å². The molecule has 0 amide bonds. The summed E-state index contributed by atoms with van der Waals surface area (Å²) in [6.07, 6.45) is 3.00. The standard InChI is InChI=1S/C15H30BrN5/c1-6-20(7-2)9-8-14(17-3)15-13(16)12-18-21(15)11-10-19(4)5/h12,14,17H,6-11H2,1-5H3. The zero-order valence-corrected chi connectivity index (χ0v) is 15.7. The molecule has 5 nitrogen and oxygen atoms in total. The molecule has 1 unspecified atom stereocenters. The summed E-state index contributed by atoms with van der Waals surface area (Å²) in [6, 6.07) is 0.324. The Morgan fingerprint density at radius 3 is 2.48 bits per heavy atom. The lowest BCUT2D eigenvalue weighted by Gasteiger charge is -2.24. The zero-order valence-electron chi connectivity index (χ0n) is 14.1. The molecule has 0 radical (unpaired) electrons. The summed E-state index contributed by atoms with van der Waals surface area (Å²) < 4.78 is 3.22. The van der Waals surface area contributed by atoms with Gasteiger partial charge in [0.15, 0.2) is 0 Å². The largest absolute Gasteiger partial charge is 0.312 e. The molecule has 1 aromatic rings. The first-order valence-electron chi connectivity index (χ1n) is 7.78. The second kappa shape index (κ2) is 9.56. The van der Waals surface area contributed by atoms with E-state index in [1.807, 2.05) is 13.2 Å². The van der Waals surface area contributed by atoms with Crippen molar-refractivity contribution in [1.82, 2.24) is 24.9 Å². The fraction of sp³-hybridized carbons (Fsp3) is 0.800. The first-order chi connectivity index (χ1) is 10.0. The number of aromatic nitrogens is 2. The molecule has 0 saturated heterocycles. The highest BCUT2D eigenvalue weighted by Gasteiger charge is 2.19. The third-order valence-corrected chi connectivity index (χ3v) is 4.51. The summed E-state index contributed by atoms with van der Waals surface area (Å²) in [5, 5.41) is 7.96.